The van der Waals surface area contributed by atoms with Crippen LogP contribution in [0.2, 0.25) is 0 Å². The Kier molecular flexibility index (Phi) is 2.76. The molecule has 4 heteroatoms. The maximum atomic E-state index is 12.9. The Hall–Kier alpha value is -1.16. The zero-order chi connectivity index (χ0) is 10.9. The lowest BCUT2D eigenvalue weighted by Gasteiger charge is -2.23. The summed E-state index contributed by atoms with van der Waals surface area (Å²) in [6.07, 6.45) is 0. The standard InChI is InChI=1S/C10H12F2O2/c1-10(2,5-13)7-3-6(11)4-8(12)9(7)14/h3-4,13-14H,5H2,1-2H3. The van der Waals surface area contributed by atoms with Gasteiger partial charge in [0.15, 0.2) is 11.6 Å². The normalized spacial score (nSPS) is 11.8. The van der Waals surface area contributed by atoms with E-state index in [1.165, 1.54) is 0 Å². The molecule has 0 aliphatic heterocycles. The van der Waals surface area contributed by atoms with E-state index in [9.17, 15) is 13.9 Å². The second kappa shape index (κ2) is 3.53. The Morgan fingerprint density at radius 3 is 2.36 bits per heavy atom. The fraction of sp³-hybridized carbons (Fsp3) is 0.400. The van der Waals surface area contributed by atoms with Crippen LogP contribution in [0.3, 0.4) is 0 Å². The lowest BCUT2D eigenvalue weighted by molar-refractivity contribution is 0.214. The fourth-order valence-corrected chi connectivity index (χ4v) is 1.17. The number of aliphatic hydroxyl groups excluding tert-OH is 1. The molecule has 0 aromatic heterocycles. The van der Waals surface area contributed by atoms with Crippen molar-refractivity contribution in [2.45, 2.75) is 19.3 Å². The first-order valence-electron chi connectivity index (χ1n) is 4.18. The number of phenolic OH excluding ortho intramolecular Hbond substituents is 1. The Morgan fingerprint density at radius 1 is 1.29 bits per heavy atom. The lowest BCUT2D eigenvalue weighted by atomic mass is 9.85. The van der Waals surface area contributed by atoms with Crippen molar-refractivity contribution in [1.29, 1.82) is 0 Å². The van der Waals surface area contributed by atoms with Gasteiger partial charge in [-0.15, -0.1) is 0 Å². The van der Waals surface area contributed by atoms with Crippen molar-refractivity contribution in [3.63, 3.8) is 0 Å². The number of aromatic hydroxyl groups is 1. The predicted molar refractivity (Wildman–Crippen MR) is 48.1 cm³/mol. The Labute approximate surface area is 80.8 Å². The van der Waals surface area contributed by atoms with Crippen molar-refractivity contribution in [2.24, 2.45) is 0 Å². The Balaban J connectivity index is 3.34. The zero-order valence-electron chi connectivity index (χ0n) is 8.01. The number of hydrogen-bond acceptors (Lipinski definition) is 2. The molecule has 0 unspecified atom stereocenters. The number of hydrogen-bond donors (Lipinski definition) is 2. The summed E-state index contributed by atoms with van der Waals surface area (Å²) < 4.78 is 25.8. The van der Waals surface area contributed by atoms with Crippen LogP contribution in [0.25, 0.3) is 0 Å². The van der Waals surface area contributed by atoms with Crippen molar-refractivity contribution >= 4 is 0 Å². The molecule has 0 atom stereocenters. The second-order valence-corrected chi connectivity index (χ2v) is 3.83. The fourth-order valence-electron chi connectivity index (χ4n) is 1.17. The summed E-state index contributed by atoms with van der Waals surface area (Å²) in [7, 11) is 0. The van der Waals surface area contributed by atoms with E-state index in [-0.39, 0.29) is 12.2 Å². The Bertz CT molecular complexity index is 348. The van der Waals surface area contributed by atoms with E-state index in [0.29, 0.717) is 6.07 Å². The number of benzene rings is 1. The SMILES string of the molecule is CC(C)(CO)c1cc(F)cc(F)c1O. The van der Waals surface area contributed by atoms with Gasteiger partial charge in [-0.05, 0) is 6.07 Å². The number of rotatable bonds is 2. The monoisotopic (exact) mass is 202 g/mol. The minimum atomic E-state index is -1.01. The summed E-state index contributed by atoms with van der Waals surface area (Å²) in [5, 5.41) is 18.3. The maximum absolute atomic E-state index is 12.9. The number of halogens is 2. The van der Waals surface area contributed by atoms with Crippen LogP contribution < -0.4 is 0 Å². The van der Waals surface area contributed by atoms with Crippen molar-refractivity contribution in [2.75, 3.05) is 6.61 Å². The van der Waals surface area contributed by atoms with Crippen molar-refractivity contribution in [3.8, 4) is 5.75 Å². The van der Waals surface area contributed by atoms with Gasteiger partial charge < -0.3 is 10.2 Å². The summed E-state index contributed by atoms with van der Waals surface area (Å²) in [4.78, 5) is 0. The van der Waals surface area contributed by atoms with E-state index < -0.39 is 22.8 Å². The summed E-state index contributed by atoms with van der Waals surface area (Å²) >= 11 is 0. The molecule has 14 heavy (non-hydrogen) atoms. The molecule has 0 amide bonds. The lowest BCUT2D eigenvalue weighted by Crippen LogP contribution is -2.22. The molecule has 0 aliphatic rings. The van der Waals surface area contributed by atoms with Gasteiger partial charge in [-0.1, -0.05) is 13.8 Å². The molecule has 0 fully saturated rings. The first kappa shape index (κ1) is 10.9. The highest BCUT2D eigenvalue weighted by Gasteiger charge is 2.25. The molecule has 0 bridgehead atoms. The quantitative estimate of drug-likeness (QED) is 0.769. The van der Waals surface area contributed by atoms with E-state index >= 15 is 0 Å². The highest BCUT2D eigenvalue weighted by molar-refractivity contribution is 5.39. The average molecular weight is 202 g/mol. The molecular weight excluding hydrogens is 190 g/mol. The molecular formula is C10H12F2O2. The number of aliphatic hydroxyl groups is 1. The van der Waals surface area contributed by atoms with Gasteiger partial charge in [-0.25, -0.2) is 8.78 Å². The van der Waals surface area contributed by atoms with Crippen molar-refractivity contribution < 1.29 is 19.0 Å². The third-order valence-electron chi connectivity index (χ3n) is 2.15. The summed E-state index contributed by atoms with van der Waals surface area (Å²) in [6.45, 7) is 2.87. The van der Waals surface area contributed by atoms with Gasteiger partial charge in [0.25, 0.3) is 0 Å². The highest BCUT2D eigenvalue weighted by Crippen LogP contribution is 2.33. The molecule has 1 rings (SSSR count). The Morgan fingerprint density at radius 2 is 1.86 bits per heavy atom. The van der Waals surface area contributed by atoms with Crippen LogP contribution in [0.5, 0.6) is 5.75 Å². The molecule has 0 saturated carbocycles. The third kappa shape index (κ3) is 1.85. The largest absolute Gasteiger partial charge is 0.505 e. The van der Waals surface area contributed by atoms with Crippen LogP contribution in [0.4, 0.5) is 8.78 Å². The molecule has 0 spiro atoms. The highest BCUT2D eigenvalue weighted by atomic mass is 19.1. The van der Waals surface area contributed by atoms with E-state index in [2.05, 4.69) is 0 Å². The maximum Gasteiger partial charge on any atom is 0.168 e. The number of phenols is 1. The smallest absolute Gasteiger partial charge is 0.168 e. The van der Waals surface area contributed by atoms with Crippen LogP contribution in [0, 0.1) is 11.6 Å². The summed E-state index contributed by atoms with van der Waals surface area (Å²) in [5.41, 5.74) is -0.801. The predicted octanol–water partition coefficient (Wildman–Crippen LogP) is 1.94. The third-order valence-corrected chi connectivity index (χ3v) is 2.15. The van der Waals surface area contributed by atoms with Crippen LogP contribution in [0.1, 0.15) is 19.4 Å². The van der Waals surface area contributed by atoms with Gasteiger partial charge in [-0.2, -0.15) is 0 Å². The van der Waals surface area contributed by atoms with E-state index in [1.807, 2.05) is 0 Å². The van der Waals surface area contributed by atoms with Gasteiger partial charge in [0.2, 0.25) is 0 Å². The van der Waals surface area contributed by atoms with Crippen LogP contribution in [-0.2, 0) is 5.41 Å². The molecule has 1 aromatic carbocycles. The topological polar surface area (TPSA) is 40.5 Å². The molecule has 0 aliphatic carbocycles. The molecule has 2 nitrogen and oxygen atoms in total. The first-order chi connectivity index (χ1) is 6.38. The molecule has 78 valence electrons. The van der Waals surface area contributed by atoms with Crippen LogP contribution in [0.15, 0.2) is 12.1 Å². The van der Waals surface area contributed by atoms with Crippen molar-refractivity contribution in [3.05, 3.63) is 29.3 Å². The van der Waals surface area contributed by atoms with Gasteiger partial charge in [0.1, 0.15) is 5.82 Å². The molecule has 2 N–H and O–H groups in total. The van der Waals surface area contributed by atoms with E-state index in [0.717, 1.165) is 6.07 Å². The molecule has 1 aromatic rings. The van der Waals surface area contributed by atoms with Gasteiger partial charge in [0, 0.05) is 17.0 Å². The summed E-state index contributed by atoms with van der Waals surface area (Å²) in [6, 6.07) is 1.63. The molecule has 0 saturated heterocycles. The van der Waals surface area contributed by atoms with Crippen molar-refractivity contribution in [1.82, 2.24) is 0 Å². The second-order valence-electron chi connectivity index (χ2n) is 3.83. The first-order valence-corrected chi connectivity index (χ1v) is 4.18. The minimum absolute atomic E-state index is 0.0671. The molecule has 0 radical (unpaired) electrons. The van der Waals surface area contributed by atoms with Gasteiger partial charge in [0.05, 0.1) is 6.61 Å². The summed E-state index contributed by atoms with van der Waals surface area (Å²) in [5.74, 6) is -2.39. The van der Waals surface area contributed by atoms with E-state index in [1.54, 1.807) is 13.8 Å². The van der Waals surface area contributed by atoms with Gasteiger partial charge in [-0.3, -0.25) is 0 Å². The van der Waals surface area contributed by atoms with E-state index in [4.69, 9.17) is 5.11 Å². The van der Waals surface area contributed by atoms with Gasteiger partial charge >= 0.3 is 0 Å². The molecule has 0 heterocycles. The minimum Gasteiger partial charge on any atom is -0.505 e. The van der Waals surface area contributed by atoms with Crippen LogP contribution >= 0.6 is 0 Å². The average Bonchev–Trinajstić information content (AvgIpc) is 2.11. The zero-order valence-corrected chi connectivity index (χ0v) is 8.01. The van der Waals surface area contributed by atoms with Crippen LogP contribution in [-0.4, -0.2) is 16.8 Å².